The van der Waals surface area contributed by atoms with Gasteiger partial charge < -0.3 is 5.32 Å². The van der Waals surface area contributed by atoms with Gasteiger partial charge in [-0.1, -0.05) is 34.1 Å². The Morgan fingerprint density at radius 1 is 0.943 bits per heavy atom. The molecule has 0 heterocycles. The number of rotatable bonds is 8. The Labute approximate surface area is 201 Å². The first-order valence-corrected chi connectivity index (χ1v) is 10.4. The van der Waals surface area contributed by atoms with Crippen molar-refractivity contribution >= 4 is 33.7 Å². The van der Waals surface area contributed by atoms with E-state index < -0.39 is 72.4 Å². The molecule has 1 amide bonds. The molecule has 0 radical (unpaired) electrons. The van der Waals surface area contributed by atoms with Crippen LogP contribution in [0.2, 0.25) is 0 Å². The minimum atomic E-state index is -4.97. The molecule has 35 heavy (non-hydrogen) atoms. The average Bonchev–Trinajstić information content (AvgIpc) is 2.73. The largest absolute Gasteiger partial charge is 0.405 e. The topological polar surface area (TPSA) is 46.2 Å². The average molecular weight is 576 g/mol. The van der Waals surface area contributed by atoms with Crippen LogP contribution in [0.25, 0.3) is 6.08 Å². The molecule has 0 fully saturated rings. The smallest absolute Gasteiger partial charge is 0.347 e. The van der Waals surface area contributed by atoms with Gasteiger partial charge in [-0.05, 0) is 35.4 Å². The van der Waals surface area contributed by atoms with Gasteiger partial charge in [-0.3, -0.25) is 9.59 Å². The van der Waals surface area contributed by atoms with Gasteiger partial charge in [0.1, 0.15) is 6.54 Å². The molecule has 0 aliphatic rings. The molecule has 1 unspecified atom stereocenters. The SMILES string of the molecule is O=C(CCC(=O)c1ccc(/C=C/C(c2cc(F)c(F)c(F)c2)C(F)(F)F)cc1Br)NCC(F)(F)F. The van der Waals surface area contributed by atoms with E-state index in [0.717, 1.165) is 6.08 Å². The molecule has 0 aromatic heterocycles. The molecule has 0 spiro atoms. The highest BCUT2D eigenvalue weighted by Crippen LogP contribution is 2.37. The molecular weight excluding hydrogens is 561 g/mol. The van der Waals surface area contributed by atoms with Crippen molar-refractivity contribution in [1.82, 2.24) is 5.32 Å². The number of hydrogen-bond acceptors (Lipinski definition) is 2. The van der Waals surface area contributed by atoms with E-state index in [0.29, 0.717) is 6.08 Å². The Kier molecular flexibility index (Phi) is 9.15. The fourth-order valence-corrected chi connectivity index (χ4v) is 3.50. The normalized spacial score (nSPS) is 13.2. The molecule has 190 valence electrons. The molecule has 13 heteroatoms. The third kappa shape index (κ3) is 8.41. The zero-order valence-electron chi connectivity index (χ0n) is 17.3. The summed E-state index contributed by atoms with van der Waals surface area (Å²) in [6.45, 7) is -1.54. The third-order valence-electron chi connectivity index (χ3n) is 4.56. The maximum absolute atomic E-state index is 13.5. The summed E-state index contributed by atoms with van der Waals surface area (Å²) >= 11 is 3.06. The molecule has 0 aliphatic carbocycles. The standard InChI is InChI=1S/C22H15BrF9NO2/c23-15-7-11(1-3-13(15)18(34)5-6-19(35)33-10-21(27,28)29)2-4-14(22(30,31)32)12-8-16(24)20(26)17(25)9-12/h1-4,7-9,14H,5-6,10H2,(H,33,35)/b4-2+. The molecule has 0 saturated heterocycles. The molecule has 1 N–H and O–H groups in total. The number of ketones is 1. The first-order chi connectivity index (χ1) is 16.1. The van der Waals surface area contributed by atoms with Gasteiger partial charge in [0.25, 0.3) is 0 Å². The van der Waals surface area contributed by atoms with Crippen LogP contribution in [0, 0.1) is 17.5 Å². The van der Waals surface area contributed by atoms with E-state index in [-0.39, 0.29) is 27.7 Å². The predicted molar refractivity (Wildman–Crippen MR) is 111 cm³/mol. The lowest BCUT2D eigenvalue weighted by Crippen LogP contribution is -2.33. The Morgan fingerprint density at radius 2 is 1.54 bits per heavy atom. The first kappa shape index (κ1) is 28.4. The van der Waals surface area contributed by atoms with Gasteiger partial charge in [0, 0.05) is 22.9 Å². The van der Waals surface area contributed by atoms with Gasteiger partial charge in [0.05, 0.1) is 5.92 Å². The number of Topliss-reactive ketones (excluding diaryl/α,β-unsaturated/α-hetero) is 1. The zero-order chi connectivity index (χ0) is 26.6. The minimum absolute atomic E-state index is 0.0285. The van der Waals surface area contributed by atoms with Gasteiger partial charge in [0.2, 0.25) is 5.91 Å². The van der Waals surface area contributed by atoms with Crippen LogP contribution in [-0.4, -0.2) is 30.6 Å². The summed E-state index contributed by atoms with van der Waals surface area (Å²) in [6, 6.07) is 4.21. The maximum Gasteiger partial charge on any atom is 0.405 e. The molecule has 3 nitrogen and oxygen atoms in total. The molecule has 0 aliphatic heterocycles. The molecule has 2 aromatic rings. The molecule has 2 rings (SSSR count). The predicted octanol–water partition coefficient (Wildman–Crippen LogP) is 6.87. The number of carbonyl (C=O) groups excluding carboxylic acids is 2. The highest BCUT2D eigenvalue weighted by molar-refractivity contribution is 9.10. The summed E-state index contributed by atoms with van der Waals surface area (Å²) in [7, 11) is 0. The van der Waals surface area contributed by atoms with Crippen LogP contribution in [-0.2, 0) is 4.79 Å². The Morgan fingerprint density at radius 3 is 2.06 bits per heavy atom. The summed E-state index contributed by atoms with van der Waals surface area (Å²) in [4.78, 5) is 23.7. The summed E-state index contributed by atoms with van der Waals surface area (Å²) in [5, 5.41) is 1.62. The molecule has 0 saturated carbocycles. The first-order valence-electron chi connectivity index (χ1n) is 9.64. The van der Waals surface area contributed by atoms with Gasteiger partial charge in [0.15, 0.2) is 23.2 Å². The number of amides is 1. The van der Waals surface area contributed by atoms with Gasteiger partial charge in [-0.25, -0.2) is 13.2 Å². The lowest BCUT2D eigenvalue weighted by molar-refractivity contribution is -0.139. The van der Waals surface area contributed by atoms with E-state index in [1.807, 2.05) is 0 Å². The van der Waals surface area contributed by atoms with Crippen LogP contribution >= 0.6 is 15.9 Å². The second kappa shape index (κ2) is 11.3. The van der Waals surface area contributed by atoms with E-state index in [9.17, 15) is 49.1 Å². The van der Waals surface area contributed by atoms with Crippen molar-refractivity contribution in [3.8, 4) is 0 Å². The van der Waals surface area contributed by atoms with Crippen molar-refractivity contribution in [1.29, 1.82) is 0 Å². The number of alkyl halides is 6. The van der Waals surface area contributed by atoms with Crippen LogP contribution in [0.15, 0.2) is 40.9 Å². The van der Waals surface area contributed by atoms with Crippen LogP contribution in [0.1, 0.15) is 40.2 Å². The second-order valence-electron chi connectivity index (χ2n) is 7.23. The number of allylic oxidation sites excluding steroid dienone is 1. The van der Waals surface area contributed by atoms with E-state index in [4.69, 9.17) is 0 Å². The van der Waals surface area contributed by atoms with Crippen LogP contribution in [0.5, 0.6) is 0 Å². The van der Waals surface area contributed by atoms with Crippen molar-refractivity contribution < 1.29 is 49.1 Å². The fraction of sp³-hybridized carbons (Fsp3) is 0.273. The Hall–Kier alpha value is -2.83. The molecule has 1 atom stereocenters. The van der Waals surface area contributed by atoms with Crippen molar-refractivity contribution in [2.24, 2.45) is 0 Å². The monoisotopic (exact) mass is 575 g/mol. The fourth-order valence-electron chi connectivity index (χ4n) is 2.88. The van der Waals surface area contributed by atoms with Gasteiger partial charge >= 0.3 is 12.4 Å². The molecular formula is C22H15BrF9NO2. The van der Waals surface area contributed by atoms with Crippen LogP contribution < -0.4 is 5.32 Å². The number of hydrogen-bond donors (Lipinski definition) is 1. The number of benzene rings is 2. The molecule has 2 aromatic carbocycles. The van der Waals surface area contributed by atoms with E-state index in [2.05, 4.69) is 15.9 Å². The summed E-state index contributed by atoms with van der Waals surface area (Å²) < 4.78 is 117. The summed E-state index contributed by atoms with van der Waals surface area (Å²) in [5.74, 6) is -9.53. The number of carbonyl (C=O) groups is 2. The lowest BCUT2D eigenvalue weighted by atomic mass is 9.96. The van der Waals surface area contributed by atoms with E-state index >= 15 is 0 Å². The number of nitrogens with one attached hydrogen (secondary N) is 1. The quantitative estimate of drug-likeness (QED) is 0.212. The van der Waals surface area contributed by atoms with Crippen molar-refractivity contribution in [3.63, 3.8) is 0 Å². The van der Waals surface area contributed by atoms with Crippen molar-refractivity contribution in [2.75, 3.05) is 6.54 Å². The van der Waals surface area contributed by atoms with E-state index in [1.165, 1.54) is 18.2 Å². The second-order valence-corrected chi connectivity index (χ2v) is 8.09. The zero-order valence-corrected chi connectivity index (χ0v) is 18.9. The summed E-state index contributed by atoms with van der Waals surface area (Å²) in [5.41, 5.74) is -0.686. The van der Waals surface area contributed by atoms with Crippen molar-refractivity contribution in [2.45, 2.75) is 31.1 Å². The third-order valence-corrected chi connectivity index (χ3v) is 5.21. The van der Waals surface area contributed by atoms with Crippen LogP contribution in [0.4, 0.5) is 39.5 Å². The van der Waals surface area contributed by atoms with Gasteiger partial charge in [-0.2, -0.15) is 26.3 Å². The van der Waals surface area contributed by atoms with Crippen LogP contribution in [0.3, 0.4) is 0 Å². The lowest BCUT2D eigenvalue weighted by Gasteiger charge is -2.18. The minimum Gasteiger partial charge on any atom is -0.347 e. The Balaban J connectivity index is 2.15. The Bertz CT molecular complexity index is 1100. The van der Waals surface area contributed by atoms with E-state index in [1.54, 1.807) is 5.32 Å². The van der Waals surface area contributed by atoms with Crippen molar-refractivity contribution in [3.05, 3.63) is 75.0 Å². The maximum atomic E-state index is 13.5. The summed E-state index contributed by atoms with van der Waals surface area (Å²) in [6.07, 6.45) is -8.93. The van der Waals surface area contributed by atoms with Gasteiger partial charge in [-0.15, -0.1) is 0 Å². The number of halogens is 10. The molecule has 0 bridgehead atoms. The highest BCUT2D eigenvalue weighted by atomic mass is 79.9. The highest BCUT2D eigenvalue weighted by Gasteiger charge is 2.39.